The van der Waals surface area contributed by atoms with Gasteiger partial charge in [-0.05, 0) is 48.2 Å². The quantitative estimate of drug-likeness (QED) is 0.554. The van der Waals surface area contributed by atoms with Crippen LogP contribution in [-0.4, -0.2) is 15.7 Å². The van der Waals surface area contributed by atoms with Crippen LogP contribution >= 0.6 is 0 Å². The number of aryl methyl sites for hydroxylation is 2. The normalized spacial score (nSPS) is 11.8. The van der Waals surface area contributed by atoms with Gasteiger partial charge >= 0.3 is 0 Å². The standard InChI is InChI=1S/C23H24F3N3O/c1-13(2)17-8-6-15(10-14(17)3)20-12-21(28-29(20)5)27-22(30)16-7-9-18(19(24)11-16)23(4,25)26/h6-13H,1-5H3,(H,27,28,30). The van der Waals surface area contributed by atoms with Crippen LogP contribution in [0, 0.1) is 12.7 Å². The van der Waals surface area contributed by atoms with E-state index in [4.69, 9.17) is 0 Å². The van der Waals surface area contributed by atoms with Gasteiger partial charge in [0.05, 0.1) is 11.3 Å². The molecule has 0 fully saturated rings. The Morgan fingerprint density at radius 3 is 2.40 bits per heavy atom. The van der Waals surface area contributed by atoms with E-state index in [-0.39, 0.29) is 11.4 Å². The zero-order valence-corrected chi connectivity index (χ0v) is 17.6. The SMILES string of the molecule is Cc1cc(-c2cc(NC(=O)c3ccc(C(C)(F)F)c(F)c3)nn2C)ccc1C(C)C. The summed E-state index contributed by atoms with van der Waals surface area (Å²) in [4.78, 5) is 12.4. The van der Waals surface area contributed by atoms with E-state index in [0.29, 0.717) is 12.8 Å². The summed E-state index contributed by atoms with van der Waals surface area (Å²) >= 11 is 0. The molecular weight excluding hydrogens is 391 g/mol. The van der Waals surface area contributed by atoms with E-state index < -0.39 is 23.2 Å². The summed E-state index contributed by atoms with van der Waals surface area (Å²) in [7, 11) is 1.76. The van der Waals surface area contributed by atoms with Crippen LogP contribution in [0.5, 0.6) is 0 Å². The number of amides is 1. The van der Waals surface area contributed by atoms with Crippen LogP contribution in [0.1, 0.15) is 53.7 Å². The van der Waals surface area contributed by atoms with E-state index in [9.17, 15) is 18.0 Å². The average Bonchev–Trinajstić information content (AvgIpc) is 3.00. The van der Waals surface area contributed by atoms with Gasteiger partial charge in [-0.2, -0.15) is 5.10 Å². The van der Waals surface area contributed by atoms with Crippen molar-refractivity contribution in [3.8, 4) is 11.3 Å². The second-order valence-electron chi connectivity index (χ2n) is 7.80. The molecule has 4 nitrogen and oxygen atoms in total. The largest absolute Gasteiger partial charge is 0.305 e. The summed E-state index contributed by atoms with van der Waals surface area (Å²) in [6.07, 6.45) is 0. The number of aromatic nitrogens is 2. The molecule has 0 aliphatic rings. The second kappa shape index (κ2) is 7.97. The van der Waals surface area contributed by atoms with E-state index in [1.54, 1.807) is 17.8 Å². The molecule has 0 bridgehead atoms. The second-order valence-corrected chi connectivity index (χ2v) is 7.80. The number of carbonyl (C=O) groups is 1. The minimum Gasteiger partial charge on any atom is -0.305 e. The monoisotopic (exact) mass is 415 g/mol. The number of anilines is 1. The number of halogens is 3. The van der Waals surface area contributed by atoms with E-state index >= 15 is 0 Å². The van der Waals surface area contributed by atoms with Gasteiger partial charge in [0, 0.05) is 31.2 Å². The van der Waals surface area contributed by atoms with Gasteiger partial charge in [0.1, 0.15) is 5.82 Å². The van der Waals surface area contributed by atoms with E-state index in [0.717, 1.165) is 29.0 Å². The minimum atomic E-state index is -3.32. The van der Waals surface area contributed by atoms with Gasteiger partial charge in [0.25, 0.3) is 11.8 Å². The molecule has 0 atom stereocenters. The molecule has 2 aromatic carbocycles. The Morgan fingerprint density at radius 2 is 1.83 bits per heavy atom. The van der Waals surface area contributed by atoms with Crippen molar-refractivity contribution in [3.63, 3.8) is 0 Å². The van der Waals surface area contributed by atoms with Crippen LogP contribution in [0.25, 0.3) is 11.3 Å². The maximum atomic E-state index is 14.0. The van der Waals surface area contributed by atoms with Gasteiger partial charge in [0.15, 0.2) is 5.82 Å². The molecular formula is C23H24F3N3O. The van der Waals surface area contributed by atoms with Crippen molar-refractivity contribution in [2.75, 3.05) is 5.32 Å². The first kappa shape index (κ1) is 21.6. The smallest absolute Gasteiger partial charge is 0.273 e. The number of rotatable bonds is 5. The van der Waals surface area contributed by atoms with E-state index in [1.807, 2.05) is 6.07 Å². The third kappa shape index (κ3) is 4.40. The molecule has 0 spiro atoms. The Hall–Kier alpha value is -3.09. The number of nitrogens with zero attached hydrogens (tertiary/aromatic N) is 2. The van der Waals surface area contributed by atoms with Crippen molar-refractivity contribution in [2.45, 2.75) is 39.5 Å². The maximum Gasteiger partial charge on any atom is 0.273 e. The molecule has 1 heterocycles. The van der Waals surface area contributed by atoms with Crippen molar-refractivity contribution >= 4 is 11.7 Å². The zero-order valence-electron chi connectivity index (χ0n) is 17.6. The molecule has 0 saturated heterocycles. The molecule has 3 rings (SSSR count). The Labute approximate surface area is 173 Å². The lowest BCUT2D eigenvalue weighted by Crippen LogP contribution is -2.15. The highest BCUT2D eigenvalue weighted by Gasteiger charge is 2.28. The van der Waals surface area contributed by atoms with Gasteiger partial charge in [-0.25, -0.2) is 13.2 Å². The van der Waals surface area contributed by atoms with Crippen molar-refractivity contribution in [3.05, 3.63) is 70.5 Å². The van der Waals surface area contributed by atoms with E-state index in [2.05, 4.69) is 43.3 Å². The molecule has 1 amide bonds. The fourth-order valence-corrected chi connectivity index (χ4v) is 3.48. The molecule has 1 N–H and O–H groups in total. The molecule has 0 aliphatic carbocycles. The van der Waals surface area contributed by atoms with Gasteiger partial charge in [-0.1, -0.05) is 26.0 Å². The lowest BCUT2D eigenvalue weighted by atomic mass is 9.95. The zero-order chi connectivity index (χ0) is 22.2. The molecule has 30 heavy (non-hydrogen) atoms. The van der Waals surface area contributed by atoms with Crippen molar-refractivity contribution in [1.82, 2.24) is 9.78 Å². The Kier molecular flexibility index (Phi) is 5.74. The third-order valence-electron chi connectivity index (χ3n) is 5.01. The first-order valence-electron chi connectivity index (χ1n) is 9.61. The molecule has 0 radical (unpaired) electrons. The molecule has 0 aliphatic heterocycles. The van der Waals surface area contributed by atoms with Crippen LogP contribution in [-0.2, 0) is 13.0 Å². The van der Waals surface area contributed by atoms with Crippen LogP contribution < -0.4 is 5.32 Å². The summed E-state index contributed by atoms with van der Waals surface area (Å²) in [6, 6.07) is 10.8. The van der Waals surface area contributed by atoms with Crippen molar-refractivity contribution < 1.29 is 18.0 Å². The number of hydrogen-bond donors (Lipinski definition) is 1. The number of carbonyl (C=O) groups excluding carboxylic acids is 1. The highest BCUT2D eigenvalue weighted by molar-refractivity contribution is 6.04. The van der Waals surface area contributed by atoms with Crippen molar-refractivity contribution in [2.24, 2.45) is 7.05 Å². The predicted molar refractivity (Wildman–Crippen MR) is 111 cm³/mol. The minimum absolute atomic E-state index is 0.0650. The average molecular weight is 415 g/mol. The number of benzene rings is 2. The van der Waals surface area contributed by atoms with Crippen LogP contribution in [0.15, 0.2) is 42.5 Å². The van der Waals surface area contributed by atoms with Gasteiger partial charge < -0.3 is 5.32 Å². The first-order valence-corrected chi connectivity index (χ1v) is 9.61. The Balaban J connectivity index is 1.83. The molecule has 158 valence electrons. The maximum absolute atomic E-state index is 14.0. The molecule has 7 heteroatoms. The first-order chi connectivity index (χ1) is 14.0. The Morgan fingerprint density at radius 1 is 1.13 bits per heavy atom. The fraction of sp³-hybridized carbons (Fsp3) is 0.304. The summed E-state index contributed by atoms with van der Waals surface area (Å²) < 4.78 is 42.3. The number of alkyl halides is 2. The molecule has 0 saturated carbocycles. The van der Waals surface area contributed by atoms with Gasteiger partial charge in [0.2, 0.25) is 0 Å². The lowest BCUT2D eigenvalue weighted by Gasteiger charge is -2.12. The van der Waals surface area contributed by atoms with Crippen molar-refractivity contribution in [1.29, 1.82) is 0 Å². The highest BCUT2D eigenvalue weighted by atomic mass is 19.3. The molecule has 3 aromatic rings. The van der Waals surface area contributed by atoms with Gasteiger partial charge in [-0.3, -0.25) is 9.48 Å². The third-order valence-corrected chi connectivity index (χ3v) is 5.01. The molecule has 1 aromatic heterocycles. The highest BCUT2D eigenvalue weighted by Crippen LogP contribution is 2.30. The Bertz CT molecular complexity index is 1100. The fourth-order valence-electron chi connectivity index (χ4n) is 3.48. The summed E-state index contributed by atoms with van der Waals surface area (Å²) in [5.41, 5.74) is 3.36. The van der Waals surface area contributed by atoms with Crippen LogP contribution in [0.4, 0.5) is 19.0 Å². The number of nitrogens with one attached hydrogen (secondary N) is 1. The predicted octanol–water partition coefficient (Wildman–Crippen LogP) is 6.02. The van der Waals surface area contributed by atoms with E-state index in [1.165, 1.54) is 11.6 Å². The van der Waals surface area contributed by atoms with Gasteiger partial charge in [-0.15, -0.1) is 0 Å². The van der Waals surface area contributed by atoms with Crippen LogP contribution in [0.3, 0.4) is 0 Å². The lowest BCUT2D eigenvalue weighted by molar-refractivity contribution is 0.0137. The molecule has 0 unspecified atom stereocenters. The number of hydrogen-bond acceptors (Lipinski definition) is 2. The van der Waals surface area contributed by atoms with Crippen LogP contribution in [0.2, 0.25) is 0 Å². The summed E-state index contributed by atoms with van der Waals surface area (Å²) in [5, 5.41) is 6.88. The summed E-state index contributed by atoms with van der Waals surface area (Å²) in [6.45, 7) is 6.93. The topological polar surface area (TPSA) is 46.9 Å². The summed E-state index contributed by atoms with van der Waals surface area (Å²) in [5.74, 6) is -4.38.